The molecule has 0 aliphatic carbocycles. The van der Waals surface area contributed by atoms with Crippen molar-refractivity contribution in [3.63, 3.8) is 0 Å². The molecule has 4 nitrogen and oxygen atoms in total. The highest BCUT2D eigenvalue weighted by Crippen LogP contribution is 2.30. The highest BCUT2D eigenvalue weighted by Gasteiger charge is 2.19. The van der Waals surface area contributed by atoms with Crippen molar-refractivity contribution in [3.8, 4) is 11.4 Å². The Morgan fingerprint density at radius 1 is 1.08 bits per heavy atom. The fourth-order valence-corrected chi connectivity index (χ4v) is 3.90. The van der Waals surface area contributed by atoms with E-state index in [1.54, 1.807) is 12.4 Å². The first-order chi connectivity index (χ1) is 12.2. The molecule has 0 spiro atoms. The maximum absolute atomic E-state index is 4.88. The summed E-state index contributed by atoms with van der Waals surface area (Å²) >= 11 is 1.81. The molecule has 4 heterocycles. The van der Waals surface area contributed by atoms with Crippen molar-refractivity contribution in [2.75, 3.05) is 18.0 Å². The van der Waals surface area contributed by atoms with Gasteiger partial charge in [-0.25, -0.2) is 9.97 Å². The van der Waals surface area contributed by atoms with E-state index >= 15 is 0 Å². The number of pyridine rings is 1. The van der Waals surface area contributed by atoms with Crippen LogP contribution < -0.4 is 4.90 Å². The summed E-state index contributed by atoms with van der Waals surface area (Å²) < 4.78 is 0. The quantitative estimate of drug-likeness (QED) is 0.698. The largest absolute Gasteiger partial charge is 0.352 e. The maximum Gasteiger partial charge on any atom is 0.161 e. The fourth-order valence-electron chi connectivity index (χ4n) is 3.10. The zero-order chi connectivity index (χ0) is 17.2. The van der Waals surface area contributed by atoms with E-state index in [1.165, 1.54) is 10.5 Å². The average molecular weight is 348 g/mol. The van der Waals surface area contributed by atoms with E-state index in [9.17, 15) is 0 Å². The number of aryl methyl sites for hydroxylation is 1. The van der Waals surface area contributed by atoms with E-state index in [0.29, 0.717) is 0 Å². The third-order valence-corrected chi connectivity index (χ3v) is 5.59. The molecule has 0 saturated heterocycles. The first-order valence-electron chi connectivity index (χ1n) is 8.46. The first-order valence-corrected chi connectivity index (χ1v) is 9.34. The van der Waals surface area contributed by atoms with Gasteiger partial charge in [-0.2, -0.15) is 0 Å². The van der Waals surface area contributed by atoms with Gasteiger partial charge >= 0.3 is 0 Å². The van der Waals surface area contributed by atoms with Gasteiger partial charge in [0.15, 0.2) is 5.82 Å². The van der Waals surface area contributed by atoms with Gasteiger partial charge < -0.3 is 4.90 Å². The summed E-state index contributed by atoms with van der Waals surface area (Å²) in [7, 11) is 0. The predicted octanol–water partition coefficient (Wildman–Crippen LogP) is 4.51. The van der Waals surface area contributed by atoms with Crippen LogP contribution in [0.15, 0.2) is 48.1 Å². The second-order valence-electron chi connectivity index (χ2n) is 6.22. The Hall–Kier alpha value is -2.53. The number of nitrogens with zero attached hydrogens (tertiary/aromatic N) is 4. The molecule has 0 aromatic carbocycles. The summed E-state index contributed by atoms with van der Waals surface area (Å²) in [5.41, 5.74) is 4.64. The van der Waals surface area contributed by atoms with E-state index in [-0.39, 0.29) is 0 Å². The van der Waals surface area contributed by atoms with E-state index in [1.807, 2.05) is 23.5 Å². The lowest BCUT2D eigenvalue weighted by atomic mass is 10.1. The van der Waals surface area contributed by atoms with Crippen molar-refractivity contribution >= 4 is 22.7 Å². The monoisotopic (exact) mass is 348 g/mol. The Morgan fingerprint density at radius 2 is 1.92 bits per heavy atom. The molecule has 3 aromatic heterocycles. The molecule has 0 N–H and O–H groups in total. The van der Waals surface area contributed by atoms with Gasteiger partial charge in [0.05, 0.1) is 0 Å². The lowest BCUT2D eigenvalue weighted by molar-refractivity contribution is 0.807. The summed E-state index contributed by atoms with van der Waals surface area (Å²) in [6.45, 7) is 6.04. The van der Waals surface area contributed by atoms with Gasteiger partial charge in [-0.15, -0.1) is 11.3 Å². The van der Waals surface area contributed by atoms with Crippen LogP contribution in [0, 0.1) is 13.8 Å². The SMILES string of the molecule is Cc1nc(-c2ccncc2)nc(N2CC=C(c3cccs3)CC2)c1C. The van der Waals surface area contributed by atoms with Gasteiger partial charge in [0.25, 0.3) is 0 Å². The molecule has 1 aliphatic heterocycles. The van der Waals surface area contributed by atoms with Crippen molar-refractivity contribution in [1.29, 1.82) is 0 Å². The van der Waals surface area contributed by atoms with Crippen LogP contribution in [0.25, 0.3) is 17.0 Å². The molecule has 0 bridgehead atoms. The Balaban J connectivity index is 1.66. The van der Waals surface area contributed by atoms with Crippen molar-refractivity contribution in [2.24, 2.45) is 0 Å². The Bertz CT molecular complexity index is 901. The molecule has 126 valence electrons. The fraction of sp³-hybridized carbons (Fsp3) is 0.250. The normalized spacial score (nSPS) is 14.5. The second-order valence-corrected chi connectivity index (χ2v) is 7.17. The van der Waals surface area contributed by atoms with Crippen LogP contribution in [0.1, 0.15) is 22.6 Å². The van der Waals surface area contributed by atoms with Crippen LogP contribution >= 0.6 is 11.3 Å². The van der Waals surface area contributed by atoms with Gasteiger partial charge in [-0.05, 0) is 49.4 Å². The minimum Gasteiger partial charge on any atom is -0.352 e. The molecule has 0 fully saturated rings. The van der Waals surface area contributed by atoms with Gasteiger partial charge in [0.1, 0.15) is 5.82 Å². The number of aromatic nitrogens is 3. The lowest BCUT2D eigenvalue weighted by Gasteiger charge is -2.29. The number of rotatable bonds is 3. The van der Waals surface area contributed by atoms with Crippen LogP contribution in [-0.4, -0.2) is 28.0 Å². The zero-order valence-electron chi connectivity index (χ0n) is 14.4. The highest BCUT2D eigenvalue weighted by atomic mass is 32.1. The van der Waals surface area contributed by atoms with Crippen molar-refractivity contribution < 1.29 is 0 Å². The first kappa shape index (κ1) is 16.0. The number of hydrogen-bond donors (Lipinski definition) is 0. The third-order valence-electron chi connectivity index (χ3n) is 4.65. The number of hydrogen-bond acceptors (Lipinski definition) is 5. The van der Waals surface area contributed by atoms with E-state index in [0.717, 1.165) is 48.0 Å². The van der Waals surface area contributed by atoms with Crippen molar-refractivity contribution in [2.45, 2.75) is 20.3 Å². The van der Waals surface area contributed by atoms with Crippen LogP contribution in [0.5, 0.6) is 0 Å². The molecule has 25 heavy (non-hydrogen) atoms. The summed E-state index contributed by atoms with van der Waals surface area (Å²) in [5.74, 6) is 1.81. The smallest absolute Gasteiger partial charge is 0.161 e. The Labute approximate surface area is 151 Å². The molecule has 0 unspecified atom stereocenters. The minimum atomic E-state index is 0.772. The molecule has 0 saturated carbocycles. The molecule has 3 aromatic rings. The molecule has 4 rings (SSSR count). The van der Waals surface area contributed by atoms with E-state index < -0.39 is 0 Å². The molecule has 0 atom stereocenters. The van der Waals surface area contributed by atoms with Crippen LogP contribution in [0.3, 0.4) is 0 Å². The molecule has 0 amide bonds. The van der Waals surface area contributed by atoms with E-state index in [4.69, 9.17) is 4.98 Å². The number of anilines is 1. The molecule has 5 heteroatoms. The van der Waals surface area contributed by atoms with Gasteiger partial charge in [-0.3, -0.25) is 4.98 Å². The Morgan fingerprint density at radius 3 is 2.60 bits per heavy atom. The summed E-state index contributed by atoms with van der Waals surface area (Å²) in [5, 5.41) is 2.14. The third kappa shape index (κ3) is 3.20. The zero-order valence-corrected chi connectivity index (χ0v) is 15.3. The van der Waals surface area contributed by atoms with Crippen molar-refractivity contribution in [1.82, 2.24) is 15.0 Å². The molecule has 0 radical (unpaired) electrons. The van der Waals surface area contributed by atoms with Crippen LogP contribution in [0.4, 0.5) is 5.82 Å². The van der Waals surface area contributed by atoms with Gasteiger partial charge in [0.2, 0.25) is 0 Å². The van der Waals surface area contributed by atoms with Crippen LogP contribution in [-0.2, 0) is 0 Å². The van der Waals surface area contributed by atoms with Crippen LogP contribution in [0.2, 0.25) is 0 Å². The summed E-state index contributed by atoms with van der Waals surface area (Å²) in [6, 6.07) is 8.23. The molecular formula is C20H20N4S. The topological polar surface area (TPSA) is 41.9 Å². The van der Waals surface area contributed by atoms with E-state index in [2.05, 4.69) is 52.3 Å². The lowest BCUT2D eigenvalue weighted by Crippen LogP contribution is -2.30. The standard InChI is InChI=1S/C20H20N4S/c1-14-15(2)22-19(17-5-9-21-10-6-17)23-20(14)24-11-7-16(8-12-24)18-4-3-13-25-18/h3-7,9-10,13H,8,11-12H2,1-2H3. The Kier molecular flexibility index (Phi) is 4.32. The highest BCUT2D eigenvalue weighted by molar-refractivity contribution is 7.11. The molecule has 1 aliphatic rings. The summed E-state index contributed by atoms with van der Waals surface area (Å²) in [4.78, 5) is 17.4. The minimum absolute atomic E-state index is 0.772. The van der Waals surface area contributed by atoms with Gasteiger partial charge in [0, 0.05) is 47.2 Å². The average Bonchev–Trinajstić information content (AvgIpc) is 3.19. The summed E-state index contributed by atoms with van der Waals surface area (Å²) in [6.07, 6.45) is 6.95. The molecular weight excluding hydrogens is 328 g/mol. The predicted molar refractivity (Wildman–Crippen MR) is 104 cm³/mol. The maximum atomic E-state index is 4.88. The van der Waals surface area contributed by atoms with Crippen molar-refractivity contribution in [3.05, 3.63) is 64.2 Å². The second kappa shape index (κ2) is 6.76. The van der Waals surface area contributed by atoms with Gasteiger partial charge in [-0.1, -0.05) is 12.1 Å². The number of thiophene rings is 1.